The van der Waals surface area contributed by atoms with Gasteiger partial charge in [-0.1, -0.05) is 0 Å². The maximum absolute atomic E-state index is 6.10. The molecule has 0 bridgehead atoms. The molecule has 25 heavy (non-hydrogen) atoms. The summed E-state index contributed by atoms with van der Waals surface area (Å²) >= 11 is 0. The Morgan fingerprint density at radius 3 is 2.76 bits per heavy atom. The predicted octanol–water partition coefficient (Wildman–Crippen LogP) is 2.49. The molecule has 2 aliphatic rings. The van der Waals surface area contributed by atoms with Crippen LogP contribution in [0.5, 0.6) is 5.88 Å². The van der Waals surface area contributed by atoms with Crippen molar-refractivity contribution < 1.29 is 4.74 Å². The van der Waals surface area contributed by atoms with Crippen molar-refractivity contribution in [2.75, 3.05) is 19.6 Å². The first-order chi connectivity index (χ1) is 12.1. The lowest BCUT2D eigenvalue weighted by molar-refractivity contribution is 0.124. The fourth-order valence-electron chi connectivity index (χ4n) is 4.18. The maximum atomic E-state index is 6.10. The highest BCUT2D eigenvalue weighted by Crippen LogP contribution is 2.31. The van der Waals surface area contributed by atoms with E-state index in [1.165, 1.54) is 24.2 Å². The van der Waals surface area contributed by atoms with Crippen LogP contribution < -0.4 is 4.74 Å². The number of nitrogens with zero attached hydrogens (tertiary/aromatic N) is 5. The van der Waals surface area contributed by atoms with Gasteiger partial charge in [0, 0.05) is 49.1 Å². The molecule has 1 fully saturated rings. The molecule has 0 amide bonds. The smallest absolute Gasteiger partial charge is 0.220 e. The van der Waals surface area contributed by atoms with Crippen molar-refractivity contribution in [1.29, 1.82) is 0 Å². The van der Waals surface area contributed by atoms with E-state index < -0.39 is 0 Å². The molecule has 6 nitrogen and oxygen atoms in total. The van der Waals surface area contributed by atoms with E-state index in [4.69, 9.17) is 4.74 Å². The highest BCUT2D eigenvalue weighted by molar-refractivity contribution is 5.34. The molecule has 0 aromatic carbocycles. The Bertz CT molecular complexity index is 748. The quantitative estimate of drug-likeness (QED) is 0.855. The lowest BCUT2D eigenvalue weighted by atomic mass is 9.95. The standard InChI is InChI=1S/C19H27N5O/c1-4-24-10-7-20-18(24)15-5-8-23(9-6-15)12-16-11-17-13(2)21-14(3)22-19(17)25-16/h7,10,15-16H,4-6,8-9,11-12H2,1-3H3/t16-/m1/s1. The molecule has 1 saturated heterocycles. The van der Waals surface area contributed by atoms with Gasteiger partial charge in [0.1, 0.15) is 17.8 Å². The van der Waals surface area contributed by atoms with Crippen molar-refractivity contribution in [3.63, 3.8) is 0 Å². The van der Waals surface area contributed by atoms with Crippen LogP contribution in [-0.2, 0) is 13.0 Å². The van der Waals surface area contributed by atoms with Crippen LogP contribution in [0.25, 0.3) is 0 Å². The zero-order valence-electron chi connectivity index (χ0n) is 15.4. The Balaban J connectivity index is 1.33. The molecular formula is C19H27N5O. The Kier molecular flexibility index (Phi) is 4.46. The van der Waals surface area contributed by atoms with E-state index >= 15 is 0 Å². The van der Waals surface area contributed by atoms with Crippen LogP contribution in [0.1, 0.15) is 48.6 Å². The molecule has 4 heterocycles. The minimum absolute atomic E-state index is 0.207. The molecule has 0 aliphatic carbocycles. The number of piperidine rings is 1. The van der Waals surface area contributed by atoms with Crippen molar-refractivity contribution in [2.45, 2.75) is 58.6 Å². The Morgan fingerprint density at radius 2 is 2.00 bits per heavy atom. The summed E-state index contributed by atoms with van der Waals surface area (Å²) in [5, 5.41) is 0. The third kappa shape index (κ3) is 3.27. The number of aromatic nitrogens is 4. The Labute approximate surface area is 149 Å². The van der Waals surface area contributed by atoms with Crippen molar-refractivity contribution in [1.82, 2.24) is 24.4 Å². The third-order valence-electron chi connectivity index (χ3n) is 5.50. The lowest BCUT2D eigenvalue weighted by Crippen LogP contribution is -2.40. The summed E-state index contributed by atoms with van der Waals surface area (Å²) in [5.74, 6) is 3.44. The van der Waals surface area contributed by atoms with Crippen molar-refractivity contribution in [3.8, 4) is 5.88 Å². The van der Waals surface area contributed by atoms with Crippen LogP contribution >= 0.6 is 0 Å². The summed E-state index contributed by atoms with van der Waals surface area (Å²) in [6, 6.07) is 0. The second-order valence-corrected chi connectivity index (χ2v) is 7.23. The van der Waals surface area contributed by atoms with Gasteiger partial charge in [-0.3, -0.25) is 4.90 Å². The predicted molar refractivity (Wildman–Crippen MR) is 95.9 cm³/mol. The molecule has 0 N–H and O–H groups in total. The van der Waals surface area contributed by atoms with E-state index in [1.807, 2.05) is 13.1 Å². The molecule has 2 aromatic heterocycles. The molecule has 4 rings (SSSR count). The molecule has 134 valence electrons. The van der Waals surface area contributed by atoms with Gasteiger partial charge in [-0.25, -0.2) is 9.97 Å². The first kappa shape index (κ1) is 16.5. The minimum atomic E-state index is 0.207. The van der Waals surface area contributed by atoms with Gasteiger partial charge in [0.25, 0.3) is 0 Å². The summed E-state index contributed by atoms with van der Waals surface area (Å²) in [7, 11) is 0. The number of likely N-dealkylation sites (tertiary alicyclic amines) is 1. The highest BCUT2D eigenvalue weighted by Gasteiger charge is 2.30. The lowest BCUT2D eigenvalue weighted by Gasteiger charge is -2.33. The van der Waals surface area contributed by atoms with Crippen LogP contribution in [0.4, 0.5) is 0 Å². The number of fused-ring (bicyclic) bond motifs is 1. The average molecular weight is 341 g/mol. The number of imidazole rings is 1. The molecule has 0 spiro atoms. The van der Waals surface area contributed by atoms with Crippen LogP contribution in [0.2, 0.25) is 0 Å². The minimum Gasteiger partial charge on any atom is -0.472 e. The normalized spacial score (nSPS) is 21.3. The summed E-state index contributed by atoms with van der Waals surface area (Å²) in [4.78, 5) is 16.0. The maximum Gasteiger partial charge on any atom is 0.220 e. The topological polar surface area (TPSA) is 56.1 Å². The van der Waals surface area contributed by atoms with E-state index in [0.29, 0.717) is 5.92 Å². The molecule has 1 atom stereocenters. The van der Waals surface area contributed by atoms with Gasteiger partial charge in [0.2, 0.25) is 5.88 Å². The highest BCUT2D eigenvalue weighted by atomic mass is 16.5. The molecular weight excluding hydrogens is 314 g/mol. The Morgan fingerprint density at radius 1 is 1.20 bits per heavy atom. The monoisotopic (exact) mass is 341 g/mol. The van der Waals surface area contributed by atoms with Gasteiger partial charge < -0.3 is 9.30 Å². The molecule has 0 saturated carbocycles. The number of hydrogen-bond acceptors (Lipinski definition) is 5. The van der Waals surface area contributed by atoms with Gasteiger partial charge in [-0.2, -0.15) is 4.98 Å². The summed E-state index contributed by atoms with van der Waals surface area (Å²) < 4.78 is 8.38. The number of hydrogen-bond donors (Lipinski definition) is 0. The van der Waals surface area contributed by atoms with E-state index in [-0.39, 0.29) is 6.10 Å². The fourth-order valence-corrected chi connectivity index (χ4v) is 4.18. The SMILES string of the molecule is CCn1ccnc1C1CCN(C[C@H]2Cc3c(C)nc(C)nc3O2)CC1. The zero-order chi connectivity index (χ0) is 17.4. The van der Waals surface area contributed by atoms with Gasteiger partial charge in [-0.15, -0.1) is 0 Å². The zero-order valence-corrected chi connectivity index (χ0v) is 15.4. The van der Waals surface area contributed by atoms with E-state index in [2.05, 4.69) is 44.5 Å². The van der Waals surface area contributed by atoms with Gasteiger partial charge in [-0.05, 0) is 46.7 Å². The molecule has 0 radical (unpaired) electrons. The molecule has 6 heteroatoms. The molecule has 0 unspecified atom stereocenters. The number of aryl methyl sites for hydroxylation is 3. The van der Waals surface area contributed by atoms with Crippen LogP contribution in [-0.4, -0.2) is 50.2 Å². The Hall–Kier alpha value is -1.95. The van der Waals surface area contributed by atoms with Crippen LogP contribution in [0.3, 0.4) is 0 Å². The van der Waals surface area contributed by atoms with E-state index in [9.17, 15) is 0 Å². The van der Waals surface area contributed by atoms with Gasteiger partial charge in [0.05, 0.1) is 0 Å². The van der Waals surface area contributed by atoms with E-state index in [1.54, 1.807) is 0 Å². The first-order valence-corrected chi connectivity index (χ1v) is 9.38. The van der Waals surface area contributed by atoms with Crippen molar-refractivity contribution in [2.24, 2.45) is 0 Å². The van der Waals surface area contributed by atoms with Gasteiger partial charge >= 0.3 is 0 Å². The largest absolute Gasteiger partial charge is 0.472 e. The first-order valence-electron chi connectivity index (χ1n) is 9.38. The van der Waals surface area contributed by atoms with Crippen molar-refractivity contribution >= 4 is 0 Å². The number of ether oxygens (including phenoxy) is 1. The fraction of sp³-hybridized carbons (Fsp3) is 0.632. The summed E-state index contributed by atoms with van der Waals surface area (Å²) in [6.07, 6.45) is 7.51. The van der Waals surface area contributed by atoms with Crippen molar-refractivity contribution in [3.05, 3.63) is 35.3 Å². The molecule has 2 aliphatic heterocycles. The van der Waals surface area contributed by atoms with Gasteiger partial charge in [0.15, 0.2) is 0 Å². The van der Waals surface area contributed by atoms with E-state index in [0.717, 1.165) is 50.0 Å². The van der Waals surface area contributed by atoms with Crippen LogP contribution in [0, 0.1) is 13.8 Å². The second-order valence-electron chi connectivity index (χ2n) is 7.23. The third-order valence-corrected chi connectivity index (χ3v) is 5.50. The second kappa shape index (κ2) is 6.75. The summed E-state index contributed by atoms with van der Waals surface area (Å²) in [6.45, 7) is 10.4. The molecule has 2 aromatic rings. The number of rotatable bonds is 4. The summed E-state index contributed by atoms with van der Waals surface area (Å²) in [5.41, 5.74) is 2.26. The van der Waals surface area contributed by atoms with Crippen LogP contribution in [0.15, 0.2) is 12.4 Å². The average Bonchev–Trinajstić information content (AvgIpc) is 3.22.